The zero-order valence-electron chi connectivity index (χ0n) is 8.50. The molecule has 2 rings (SSSR count). The highest BCUT2D eigenvalue weighted by atomic mass is 31.0. The number of phenolic OH excluding ortho intramolecular Hbond substituents is 1. The highest BCUT2D eigenvalue weighted by Crippen LogP contribution is 2.30. The predicted octanol–water partition coefficient (Wildman–Crippen LogP) is 1.33. The number of piperidine rings is 1. The van der Waals surface area contributed by atoms with Crippen LogP contribution in [0.2, 0.25) is 0 Å². The van der Waals surface area contributed by atoms with Crippen LogP contribution in [0.15, 0.2) is 24.3 Å². The van der Waals surface area contributed by atoms with Crippen molar-refractivity contribution in [3.63, 3.8) is 0 Å². The van der Waals surface area contributed by atoms with Gasteiger partial charge in [-0.05, 0) is 24.1 Å². The lowest BCUT2D eigenvalue weighted by atomic mass is 9.88. The van der Waals surface area contributed by atoms with Crippen LogP contribution in [-0.2, 0) is 0 Å². The molecule has 82 valence electrons. The van der Waals surface area contributed by atoms with E-state index < -0.39 is 0 Å². The van der Waals surface area contributed by atoms with Gasteiger partial charge in [-0.3, -0.25) is 4.67 Å². The molecule has 0 aliphatic carbocycles. The fourth-order valence-corrected chi connectivity index (χ4v) is 2.43. The largest absolute Gasteiger partial charge is 0.508 e. The van der Waals surface area contributed by atoms with E-state index in [0.29, 0.717) is 6.54 Å². The summed E-state index contributed by atoms with van der Waals surface area (Å²) in [5, 5.41) is 19.1. The van der Waals surface area contributed by atoms with E-state index in [1.165, 1.54) is 0 Å². The summed E-state index contributed by atoms with van der Waals surface area (Å²) >= 11 is 0. The summed E-state index contributed by atoms with van der Waals surface area (Å²) in [5.74, 6) is 0.471. The molecule has 0 radical (unpaired) electrons. The molecule has 0 bridgehead atoms. The Labute approximate surface area is 92.0 Å². The molecule has 1 aromatic rings. The normalized spacial score (nSPS) is 27.9. The second-order valence-electron chi connectivity index (χ2n) is 4.05. The fraction of sp³-hybridized carbons (Fsp3) is 0.455. The van der Waals surface area contributed by atoms with E-state index in [1.54, 1.807) is 12.1 Å². The molecule has 1 fully saturated rings. The van der Waals surface area contributed by atoms with Crippen molar-refractivity contribution in [2.75, 3.05) is 13.1 Å². The van der Waals surface area contributed by atoms with E-state index in [2.05, 4.69) is 14.1 Å². The van der Waals surface area contributed by atoms with Gasteiger partial charge in [-0.2, -0.15) is 0 Å². The van der Waals surface area contributed by atoms with Gasteiger partial charge in [-0.25, -0.2) is 0 Å². The maximum atomic E-state index is 9.94. The van der Waals surface area contributed by atoms with Crippen LogP contribution in [0.1, 0.15) is 17.9 Å². The Morgan fingerprint density at radius 1 is 1.27 bits per heavy atom. The lowest BCUT2D eigenvalue weighted by molar-refractivity contribution is 0.0892. The van der Waals surface area contributed by atoms with Crippen LogP contribution >= 0.6 is 9.39 Å². The molecule has 1 aliphatic rings. The van der Waals surface area contributed by atoms with Crippen LogP contribution in [-0.4, -0.2) is 34.1 Å². The van der Waals surface area contributed by atoms with Crippen LogP contribution in [0.3, 0.4) is 0 Å². The first-order valence-corrected chi connectivity index (χ1v) is 5.65. The van der Waals surface area contributed by atoms with Crippen molar-refractivity contribution in [2.24, 2.45) is 0 Å². The summed E-state index contributed by atoms with van der Waals surface area (Å²) in [4.78, 5) is 0. The molecular weight excluding hydrogens is 209 g/mol. The van der Waals surface area contributed by atoms with E-state index >= 15 is 0 Å². The maximum absolute atomic E-state index is 9.94. The third kappa shape index (κ3) is 2.49. The molecule has 0 spiro atoms. The third-order valence-electron chi connectivity index (χ3n) is 2.93. The molecule has 3 atom stereocenters. The summed E-state index contributed by atoms with van der Waals surface area (Å²) in [6.07, 6.45) is 0.635. The molecule has 1 saturated heterocycles. The Kier molecular flexibility index (Phi) is 3.25. The molecule has 0 amide bonds. The van der Waals surface area contributed by atoms with Crippen molar-refractivity contribution in [3.8, 4) is 5.75 Å². The summed E-state index contributed by atoms with van der Waals surface area (Å²) in [7, 11) is 2.62. The smallest absolute Gasteiger partial charge is 0.115 e. The van der Waals surface area contributed by atoms with Crippen LogP contribution in [0.5, 0.6) is 5.75 Å². The Balaban J connectivity index is 2.13. The van der Waals surface area contributed by atoms with Crippen LogP contribution in [0.4, 0.5) is 0 Å². The SMILES string of the molecule is Oc1ccc(C2CCN(P)CC2O)cc1. The molecule has 0 saturated carbocycles. The van der Waals surface area contributed by atoms with E-state index in [0.717, 1.165) is 18.5 Å². The maximum Gasteiger partial charge on any atom is 0.115 e. The molecule has 2 N–H and O–H groups in total. The van der Waals surface area contributed by atoms with Crippen molar-refractivity contribution < 1.29 is 10.2 Å². The number of benzene rings is 1. The van der Waals surface area contributed by atoms with E-state index in [4.69, 9.17) is 0 Å². The zero-order valence-corrected chi connectivity index (χ0v) is 9.66. The lowest BCUT2D eigenvalue weighted by Crippen LogP contribution is -2.37. The van der Waals surface area contributed by atoms with Gasteiger partial charge in [-0.15, -0.1) is 0 Å². The van der Waals surface area contributed by atoms with E-state index in [9.17, 15) is 10.2 Å². The van der Waals surface area contributed by atoms with Gasteiger partial charge in [0.15, 0.2) is 0 Å². The number of rotatable bonds is 1. The Morgan fingerprint density at radius 3 is 2.53 bits per heavy atom. The van der Waals surface area contributed by atoms with Gasteiger partial charge in [-0.1, -0.05) is 21.5 Å². The highest BCUT2D eigenvalue weighted by molar-refractivity contribution is 7.13. The molecular formula is C11H16NO2P. The van der Waals surface area contributed by atoms with Gasteiger partial charge in [0.05, 0.1) is 6.10 Å². The monoisotopic (exact) mass is 225 g/mol. The average molecular weight is 225 g/mol. The number of hydrogen-bond donors (Lipinski definition) is 2. The summed E-state index contributed by atoms with van der Waals surface area (Å²) in [6, 6.07) is 7.13. The van der Waals surface area contributed by atoms with Crippen molar-refractivity contribution >= 4 is 9.39 Å². The van der Waals surface area contributed by atoms with E-state index in [1.807, 2.05) is 12.1 Å². The first kappa shape index (κ1) is 10.9. The van der Waals surface area contributed by atoms with E-state index in [-0.39, 0.29) is 17.8 Å². The number of phenols is 1. The number of aromatic hydroxyl groups is 1. The summed E-state index contributed by atoms with van der Waals surface area (Å²) in [5.41, 5.74) is 1.11. The number of hydrogen-bond acceptors (Lipinski definition) is 3. The highest BCUT2D eigenvalue weighted by Gasteiger charge is 2.26. The molecule has 15 heavy (non-hydrogen) atoms. The minimum atomic E-state index is -0.319. The number of aliphatic hydroxyl groups excluding tert-OH is 1. The number of nitrogens with zero attached hydrogens (tertiary/aromatic N) is 1. The third-order valence-corrected chi connectivity index (χ3v) is 3.40. The minimum Gasteiger partial charge on any atom is -0.508 e. The fourth-order valence-electron chi connectivity index (χ4n) is 2.07. The van der Waals surface area contributed by atoms with Gasteiger partial charge in [0.25, 0.3) is 0 Å². The van der Waals surface area contributed by atoms with Crippen molar-refractivity contribution in [3.05, 3.63) is 29.8 Å². The Hall–Kier alpha value is -0.630. The first-order valence-electron chi connectivity index (χ1n) is 5.13. The quantitative estimate of drug-likeness (QED) is 0.709. The lowest BCUT2D eigenvalue weighted by Gasteiger charge is -2.33. The standard InChI is InChI=1S/C11H16NO2P/c13-9-3-1-8(2-4-9)10-5-6-12(15)7-11(10)14/h1-4,10-11,13-14H,5-7,15H2. The predicted molar refractivity (Wildman–Crippen MR) is 62.8 cm³/mol. The molecule has 1 aromatic carbocycles. The topological polar surface area (TPSA) is 43.7 Å². The molecule has 0 aromatic heterocycles. The molecule has 1 heterocycles. The number of β-amino-alcohol motifs (C(OH)–C–C–N with tert-alkyl or cyclic N) is 1. The van der Waals surface area contributed by atoms with Gasteiger partial charge in [0, 0.05) is 19.0 Å². The first-order chi connectivity index (χ1) is 7.16. The van der Waals surface area contributed by atoms with Gasteiger partial charge in [0.2, 0.25) is 0 Å². The van der Waals surface area contributed by atoms with Crippen LogP contribution in [0, 0.1) is 0 Å². The second-order valence-corrected chi connectivity index (χ2v) is 4.78. The Bertz CT molecular complexity index is 328. The van der Waals surface area contributed by atoms with Crippen LogP contribution < -0.4 is 0 Å². The van der Waals surface area contributed by atoms with Crippen molar-refractivity contribution in [1.82, 2.24) is 4.67 Å². The van der Waals surface area contributed by atoms with Crippen molar-refractivity contribution in [1.29, 1.82) is 0 Å². The molecule has 1 aliphatic heterocycles. The van der Waals surface area contributed by atoms with Gasteiger partial charge < -0.3 is 10.2 Å². The molecule has 4 heteroatoms. The minimum absolute atomic E-state index is 0.197. The Morgan fingerprint density at radius 2 is 1.93 bits per heavy atom. The zero-order chi connectivity index (χ0) is 10.8. The molecule has 3 nitrogen and oxygen atoms in total. The second kappa shape index (κ2) is 4.48. The van der Waals surface area contributed by atoms with Crippen LogP contribution in [0.25, 0.3) is 0 Å². The van der Waals surface area contributed by atoms with Gasteiger partial charge in [0.1, 0.15) is 5.75 Å². The average Bonchev–Trinajstić information content (AvgIpc) is 2.20. The van der Waals surface area contributed by atoms with Gasteiger partial charge >= 0.3 is 0 Å². The molecule has 3 unspecified atom stereocenters. The number of aliphatic hydroxyl groups is 1. The van der Waals surface area contributed by atoms with Crippen molar-refractivity contribution in [2.45, 2.75) is 18.4 Å². The summed E-state index contributed by atoms with van der Waals surface area (Å²) < 4.78 is 2.06. The summed E-state index contributed by atoms with van der Waals surface area (Å²) in [6.45, 7) is 1.67.